The minimum atomic E-state index is -0.297. The molecule has 4 aromatic rings. The predicted molar refractivity (Wildman–Crippen MR) is 183 cm³/mol. The first-order valence-corrected chi connectivity index (χ1v) is 16.8. The van der Waals surface area contributed by atoms with Crippen LogP contribution in [-0.4, -0.2) is 51.4 Å². The summed E-state index contributed by atoms with van der Waals surface area (Å²) in [5.41, 5.74) is 6.49. The fraction of sp³-hybridized carbons (Fsp3) is 0.286. The van der Waals surface area contributed by atoms with Gasteiger partial charge in [0, 0.05) is 47.7 Å². The Morgan fingerprint density at radius 1 is 0.932 bits per heavy atom. The van der Waals surface area contributed by atoms with Gasteiger partial charge in [-0.3, -0.25) is 24.2 Å². The quantitative estimate of drug-likeness (QED) is 0.0894. The number of benzene rings is 3. The molecular formula is C35H37ClN4O2S2. The fourth-order valence-corrected chi connectivity index (χ4v) is 7.39. The van der Waals surface area contributed by atoms with Crippen molar-refractivity contribution in [1.82, 2.24) is 18.9 Å². The van der Waals surface area contributed by atoms with Gasteiger partial charge in [-0.2, -0.15) is 0 Å². The van der Waals surface area contributed by atoms with Crippen molar-refractivity contribution < 1.29 is 9.59 Å². The first kappa shape index (κ1) is 32.3. The molecule has 0 saturated carbocycles. The highest BCUT2D eigenvalue weighted by atomic mass is 35.5. The van der Waals surface area contributed by atoms with E-state index in [2.05, 4.69) is 78.1 Å². The first-order valence-electron chi connectivity index (χ1n) is 14.7. The summed E-state index contributed by atoms with van der Waals surface area (Å²) in [6.07, 6.45) is 4.65. The molecule has 5 rings (SSSR count). The number of aromatic nitrogens is 1. The molecule has 228 valence electrons. The lowest BCUT2D eigenvalue weighted by molar-refractivity contribution is 0.0664. The van der Waals surface area contributed by atoms with Crippen LogP contribution in [0.15, 0.2) is 90.1 Å². The fourth-order valence-electron chi connectivity index (χ4n) is 5.27. The molecule has 0 aliphatic carbocycles. The zero-order chi connectivity index (χ0) is 31.3. The van der Waals surface area contributed by atoms with Gasteiger partial charge >= 0.3 is 0 Å². The summed E-state index contributed by atoms with van der Waals surface area (Å²) in [6.45, 7) is 10.7. The van der Waals surface area contributed by atoms with Crippen molar-refractivity contribution in [3.8, 4) is 11.1 Å². The van der Waals surface area contributed by atoms with Gasteiger partial charge in [-0.1, -0.05) is 59.9 Å². The standard InChI is InChI=1S/C35H37ClN4O2S2/c1-24-23-37-18-16-28(24)26-10-7-11-27(22-26)35(3,4)40(44-32-15-8-14-31(36)25(32)2)19-9-17-38-43-21-20-39-33(41)29-12-5-6-13-30(29)34(39)42/h5-8,10-16,18,22-23,38H,9,17,19-21H2,1-4H3. The number of pyridine rings is 1. The number of imide groups is 1. The summed E-state index contributed by atoms with van der Waals surface area (Å²) < 4.78 is 5.87. The topological polar surface area (TPSA) is 65.5 Å². The van der Waals surface area contributed by atoms with E-state index in [-0.39, 0.29) is 17.4 Å². The van der Waals surface area contributed by atoms with Crippen LogP contribution in [0.1, 0.15) is 57.7 Å². The van der Waals surface area contributed by atoms with E-state index in [0.29, 0.717) is 23.4 Å². The van der Waals surface area contributed by atoms with Gasteiger partial charge in [-0.25, -0.2) is 4.31 Å². The van der Waals surface area contributed by atoms with Gasteiger partial charge < -0.3 is 0 Å². The lowest BCUT2D eigenvalue weighted by Gasteiger charge is -2.38. The summed E-state index contributed by atoms with van der Waals surface area (Å²) in [5, 5.41) is 0.763. The van der Waals surface area contributed by atoms with E-state index >= 15 is 0 Å². The van der Waals surface area contributed by atoms with E-state index in [0.717, 1.165) is 40.6 Å². The second-order valence-corrected chi connectivity index (χ2v) is 13.7. The number of amides is 2. The van der Waals surface area contributed by atoms with E-state index in [4.69, 9.17) is 11.6 Å². The van der Waals surface area contributed by atoms with Crippen molar-refractivity contribution in [2.24, 2.45) is 0 Å². The van der Waals surface area contributed by atoms with Crippen molar-refractivity contribution in [2.45, 2.75) is 44.6 Å². The molecule has 1 aromatic heterocycles. The molecule has 2 heterocycles. The molecule has 1 N–H and O–H groups in total. The summed E-state index contributed by atoms with van der Waals surface area (Å²) in [7, 11) is 0. The normalized spacial score (nSPS) is 13.2. The average molecular weight is 645 g/mol. The Morgan fingerprint density at radius 3 is 2.39 bits per heavy atom. The van der Waals surface area contributed by atoms with Crippen molar-refractivity contribution in [3.05, 3.63) is 118 Å². The van der Waals surface area contributed by atoms with Gasteiger partial charge in [0.15, 0.2) is 0 Å². The lowest BCUT2D eigenvalue weighted by Crippen LogP contribution is -2.38. The van der Waals surface area contributed by atoms with Crippen molar-refractivity contribution in [3.63, 3.8) is 0 Å². The van der Waals surface area contributed by atoms with Gasteiger partial charge in [0.05, 0.1) is 16.7 Å². The van der Waals surface area contributed by atoms with Crippen LogP contribution in [0.25, 0.3) is 11.1 Å². The van der Waals surface area contributed by atoms with Crippen molar-refractivity contribution in [2.75, 3.05) is 25.4 Å². The summed E-state index contributed by atoms with van der Waals surface area (Å²) in [4.78, 5) is 32.0. The highest BCUT2D eigenvalue weighted by Gasteiger charge is 2.34. The zero-order valence-electron chi connectivity index (χ0n) is 25.5. The number of aryl methyl sites for hydroxylation is 1. The molecule has 0 unspecified atom stereocenters. The molecule has 0 radical (unpaired) electrons. The first-order chi connectivity index (χ1) is 21.2. The molecule has 1 aliphatic heterocycles. The highest BCUT2D eigenvalue weighted by molar-refractivity contribution is 7.97. The maximum absolute atomic E-state index is 12.6. The number of hydrogen-bond donors (Lipinski definition) is 1. The smallest absolute Gasteiger partial charge is 0.261 e. The molecule has 44 heavy (non-hydrogen) atoms. The van der Waals surface area contributed by atoms with Crippen LogP contribution in [0.5, 0.6) is 0 Å². The van der Waals surface area contributed by atoms with Crippen LogP contribution in [0.3, 0.4) is 0 Å². The number of halogens is 1. The minimum absolute atomic E-state index is 0.208. The SMILES string of the molecule is Cc1cnccc1-c1cccc(C(C)(C)N(CCCNSCCN2C(=O)c3ccccc3C2=O)Sc2cccc(Cl)c2C)c1. The Labute approximate surface area is 273 Å². The van der Waals surface area contributed by atoms with E-state index in [1.807, 2.05) is 24.5 Å². The maximum atomic E-state index is 12.6. The van der Waals surface area contributed by atoms with Gasteiger partial charge in [0.2, 0.25) is 0 Å². The molecule has 0 bridgehead atoms. The number of hydrogen-bond acceptors (Lipinski definition) is 7. The van der Waals surface area contributed by atoms with E-state index in [1.54, 1.807) is 48.2 Å². The summed E-state index contributed by atoms with van der Waals surface area (Å²) in [5.74, 6) is 0.208. The van der Waals surface area contributed by atoms with Gasteiger partial charge in [0.25, 0.3) is 11.8 Å². The molecule has 0 fully saturated rings. The monoisotopic (exact) mass is 644 g/mol. The molecule has 1 aliphatic rings. The molecule has 9 heteroatoms. The summed E-state index contributed by atoms with van der Waals surface area (Å²) >= 11 is 9.79. The van der Waals surface area contributed by atoms with Gasteiger partial charge in [-0.15, -0.1) is 0 Å². The average Bonchev–Trinajstić information content (AvgIpc) is 3.27. The largest absolute Gasteiger partial charge is 0.273 e. The van der Waals surface area contributed by atoms with Crippen molar-refractivity contribution in [1.29, 1.82) is 0 Å². The van der Waals surface area contributed by atoms with Crippen LogP contribution < -0.4 is 4.72 Å². The lowest BCUT2D eigenvalue weighted by atomic mass is 9.90. The minimum Gasteiger partial charge on any atom is -0.273 e. The molecule has 0 atom stereocenters. The third kappa shape index (κ3) is 7.05. The maximum Gasteiger partial charge on any atom is 0.261 e. The number of nitrogens with one attached hydrogen (secondary N) is 1. The molecule has 0 saturated heterocycles. The summed E-state index contributed by atoms with van der Waals surface area (Å²) in [6, 6.07) is 23.9. The van der Waals surface area contributed by atoms with Crippen molar-refractivity contribution >= 4 is 47.3 Å². The predicted octanol–water partition coefficient (Wildman–Crippen LogP) is 8.19. The second-order valence-electron chi connectivity index (χ2n) is 11.3. The molecule has 3 aromatic carbocycles. The third-order valence-electron chi connectivity index (χ3n) is 7.99. The highest BCUT2D eigenvalue weighted by Crippen LogP contribution is 2.40. The Bertz CT molecular complexity index is 1630. The van der Waals surface area contributed by atoms with E-state index in [1.165, 1.54) is 21.6 Å². The number of nitrogens with zero attached hydrogens (tertiary/aromatic N) is 3. The number of carbonyl (C=O) groups is 2. The molecule has 6 nitrogen and oxygen atoms in total. The van der Waals surface area contributed by atoms with Crippen LogP contribution >= 0.6 is 35.5 Å². The van der Waals surface area contributed by atoms with Crippen LogP contribution in [0.2, 0.25) is 5.02 Å². The Hall–Kier alpha value is -3.14. The molecule has 0 spiro atoms. The molecule has 2 amide bonds. The Kier molecular flexibility index (Phi) is 10.5. The third-order valence-corrected chi connectivity index (χ3v) is 10.7. The van der Waals surface area contributed by atoms with Gasteiger partial charge in [-0.05, 0) is 110 Å². The number of carbonyl (C=O) groups excluding carboxylic acids is 2. The van der Waals surface area contributed by atoms with Crippen LogP contribution in [0.4, 0.5) is 0 Å². The van der Waals surface area contributed by atoms with Crippen LogP contribution in [-0.2, 0) is 5.54 Å². The number of rotatable bonds is 13. The van der Waals surface area contributed by atoms with Crippen LogP contribution in [0, 0.1) is 13.8 Å². The van der Waals surface area contributed by atoms with E-state index < -0.39 is 0 Å². The van der Waals surface area contributed by atoms with Gasteiger partial charge in [0.1, 0.15) is 0 Å². The Morgan fingerprint density at radius 2 is 1.66 bits per heavy atom. The molecular weight excluding hydrogens is 608 g/mol. The number of fused-ring (bicyclic) bond motifs is 1. The Balaban J connectivity index is 1.22. The second kappa shape index (κ2) is 14.3. The van der Waals surface area contributed by atoms with E-state index in [9.17, 15) is 9.59 Å². The zero-order valence-corrected chi connectivity index (χ0v) is 27.9.